The van der Waals surface area contributed by atoms with Gasteiger partial charge >= 0.3 is 0 Å². The quantitative estimate of drug-likeness (QED) is 0.485. The molecule has 2 aromatic carbocycles. The number of hydrogen-bond acceptors (Lipinski definition) is 6. The van der Waals surface area contributed by atoms with Crippen LogP contribution in [0.1, 0.15) is 55.0 Å². The lowest BCUT2D eigenvalue weighted by Crippen LogP contribution is -2.13. The lowest BCUT2D eigenvalue weighted by molar-refractivity contribution is 0.200. The van der Waals surface area contributed by atoms with Crippen molar-refractivity contribution in [1.82, 2.24) is 20.2 Å². The summed E-state index contributed by atoms with van der Waals surface area (Å²) in [7, 11) is 1.66. The Balaban J connectivity index is 1.66. The Morgan fingerprint density at radius 2 is 1.94 bits per heavy atom. The summed E-state index contributed by atoms with van der Waals surface area (Å²) in [5.74, 6) is 8.71. The van der Waals surface area contributed by atoms with Gasteiger partial charge in [0.05, 0.1) is 38.2 Å². The highest BCUT2D eigenvalue weighted by Gasteiger charge is 2.21. The van der Waals surface area contributed by atoms with Crippen LogP contribution in [0.4, 0.5) is 0 Å². The molecule has 4 rings (SSSR count). The van der Waals surface area contributed by atoms with Gasteiger partial charge in [-0.25, -0.2) is 4.68 Å². The maximum absolute atomic E-state index is 8.94. The third-order valence-electron chi connectivity index (χ3n) is 5.78. The van der Waals surface area contributed by atoms with E-state index in [0.717, 1.165) is 35.5 Å². The topological polar surface area (TPSA) is 85.9 Å². The van der Waals surface area contributed by atoms with Crippen LogP contribution in [-0.2, 0) is 13.0 Å². The van der Waals surface area contributed by atoms with Crippen molar-refractivity contribution in [2.24, 2.45) is 0 Å². The summed E-state index contributed by atoms with van der Waals surface area (Å²) < 4.78 is 13.5. The molecule has 33 heavy (non-hydrogen) atoms. The molecule has 0 N–H and O–H groups in total. The molecule has 1 aliphatic carbocycles. The molecule has 0 radical (unpaired) electrons. The summed E-state index contributed by atoms with van der Waals surface area (Å²) in [6.07, 6.45) is 5.62. The Morgan fingerprint density at radius 3 is 2.70 bits per heavy atom. The van der Waals surface area contributed by atoms with Crippen LogP contribution in [0.2, 0.25) is 0 Å². The summed E-state index contributed by atoms with van der Waals surface area (Å²) in [5, 5.41) is 21.0. The lowest BCUT2D eigenvalue weighted by atomic mass is 9.95. The first kappa shape index (κ1) is 22.4. The highest BCUT2D eigenvalue weighted by Crippen LogP contribution is 2.35. The van der Waals surface area contributed by atoms with Crippen molar-refractivity contribution in [3.63, 3.8) is 0 Å². The van der Waals surface area contributed by atoms with Crippen molar-refractivity contribution in [2.75, 3.05) is 7.11 Å². The molecule has 1 aliphatic rings. The van der Waals surface area contributed by atoms with Crippen LogP contribution < -0.4 is 9.47 Å². The molecule has 7 nitrogen and oxygen atoms in total. The van der Waals surface area contributed by atoms with Gasteiger partial charge in [-0.15, -0.1) is 5.10 Å². The van der Waals surface area contributed by atoms with Gasteiger partial charge in [0.25, 0.3) is 0 Å². The molecule has 0 saturated heterocycles. The van der Waals surface area contributed by atoms with E-state index in [-0.39, 0.29) is 12.0 Å². The highest BCUT2D eigenvalue weighted by atomic mass is 16.5. The van der Waals surface area contributed by atoms with Gasteiger partial charge < -0.3 is 9.47 Å². The highest BCUT2D eigenvalue weighted by molar-refractivity contribution is 5.47. The molecule has 1 heterocycles. The zero-order valence-corrected chi connectivity index (χ0v) is 18.8. The first-order chi connectivity index (χ1) is 16.3. The minimum absolute atomic E-state index is 0.158. The second-order valence-electron chi connectivity index (χ2n) is 8.05. The van der Waals surface area contributed by atoms with Crippen molar-refractivity contribution in [3.05, 3.63) is 65.5 Å². The summed E-state index contributed by atoms with van der Waals surface area (Å²) >= 11 is 0. The van der Waals surface area contributed by atoms with E-state index >= 15 is 0 Å². The fourth-order valence-corrected chi connectivity index (χ4v) is 4.01. The van der Waals surface area contributed by atoms with E-state index in [1.165, 1.54) is 12.8 Å². The maximum atomic E-state index is 8.94. The number of nitrogens with zero attached hydrogens (tertiary/aromatic N) is 5. The molecule has 1 fully saturated rings. The van der Waals surface area contributed by atoms with Gasteiger partial charge in [-0.3, -0.25) is 0 Å². The normalized spacial score (nSPS) is 14.2. The first-order valence-corrected chi connectivity index (χ1v) is 11.3. The standard InChI is InChI=1S/C26H27N5O2/c1-32-24-15-14-21(18-25(24)33-23-10-5-6-11-23)22(13-12-20-8-3-2-4-9-20)19-26-28-29-30-31(26)17-7-16-27/h2-4,8-9,14-15,18,22-23H,5-7,10-11,17,19H2,1H3. The van der Waals surface area contributed by atoms with Crippen LogP contribution in [0.15, 0.2) is 48.5 Å². The SMILES string of the molecule is COc1ccc(C(C#Cc2ccccc2)Cc2nnnn2CCC#N)cc1OC1CCCC1. The number of rotatable bonds is 8. The average molecular weight is 442 g/mol. The van der Waals surface area contributed by atoms with E-state index in [9.17, 15) is 0 Å². The van der Waals surface area contributed by atoms with Gasteiger partial charge in [-0.05, 0) is 65.9 Å². The molecule has 7 heteroatoms. The van der Waals surface area contributed by atoms with Crippen LogP contribution in [0.25, 0.3) is 0 Å². The molecule has 0 spiro atoms. The number of nitriles is 1. The van der Waals surface area contributed by atoms with Crippen molar-refractivity contribution >= 4 is 0 Å². The van der Waals surface area contributed by atoms with Gasteiger partial charge in [-0.1, -0.05) is 36.1 Å². The maximum Gasteiger partial charge on any atom is 0.161 e. The number of aryl methyl sites for hydroxylation is 1. The largest absolute Gasteiger partial charge is 0.493 e. The molecule has 0 aliphatic heterocycles. The Bertz CT molecular complexity index is 1150. The number of benzene rings is 2. The lowest BCUT2D eigenvalue weighted by Gasteiger charge is -2.18. The second-order valence-corrected chi connectivity index (χ2v) is 8.05. The molecule has 1 saturated carbocycles. The van der Waals surface area contributed by atoms with Crippen LogP contribution in [0.3, 0.4) is 0 Å². The minimum atomic E-state index is -0.158. The molecule has 0 bridgehead atoms. The van der Waals surface area contributed by atoms with Gasteiger partial charge in [0.1, 0.15) is 0 Å². The first-order valence-electron chi connectivity index (χ1n) is 11.3. The summed E-state index contributed by atoms with van der Waals surface area (Å²) in [6.45, 7) is 0.455. The monoisotopic (exact) mass is 441 g/mol. The number of aromatic nitrogens is 4. The Kier molecular flexibility index (Phi) is 7.56. The number of ether oxygens (including phenoxy) is 2. The van der Waals surface area contributed by atoms with E-state index in [0.29, 0.717) is 25.2 Å². The van der Waals surface area contributed by atoms with Crippen molar-refractivity contribution in [2.45, 2.75) is 57.1 Å². The summed E-state index contributed by atoms with van der Waals surface area (Å²) in [5.41, 5.74) is 1.96. The van der Waals surface area contributed by atoms with Crippen molar-refractivity contribution in [3.8, 4) is 29.4 Å². The predicted molar refractivity (Wildman–Crippen MR) is 124 cm³/mol. The fourth-order valence-electron chi connectivity index (χ4n) is 4.01. The summed E-state index contributed by atoms with van der Waals surface area (Å²) in [6, 6.07) is 18.0. The fraction of sp³-hybridized carbons (Fsp3) is 0.385. The Labute approximate surface area is 194 Å². The van der Waals surface area contributed by atoms with E-state index in [1.54, 1.807) is 11.8 Å². The molecule has 168 valence electrons. The molecule has 3 aromatic rings. The zero-order valence-electron chi connectivity index (χ0n) is 18.8. The third kappa shape index (κ3) is 5.90. The third-order valence-corrected chi connectivity index (χ3v) is 5.78. The van der Waals surface area contributed by atoms with Crippen LogP contribution in [-0.4, -0.2) is 33.4 Å². The molecule has 1 aromatic heterocycles. The predicted octanol–water partition coefficient (Wildman–Crippen LogP) is 4.29. The minimum Gasteiger partial charge on any atom is -0.493 e. The van der Waals surface area contributed by atoms with E-state index < -0.39 is 0 Å². The van der Waals surface area contributed by atoms with Crippen molar-refractivity contribution < 1.29 is 9.47 Å². The molecule has 1 atom stereocenters. The van der Waals surface area contributed by atoms with Gasteiger partial charge in [0, 0.05) is 12.0 Å². The van der Waals surface area contributed by atoms with Gasteiger partial charge in [-0.2, -0.15) is 5.26 Å². The molecular formula is C26H27N5O2. The van der Waals surface area contributed by atoms with Crippen LogP contribution in [0.5, 0.6) is 11.5 Å². The molecule has 1 unspecified atom stereocenters. The zero-order chi connectivity index (χ0) is 22.9. The van der Waals surface area contributed by atoms with Gasteiger partial charge in [0.2, 0.25) is 0 Å². The average Bonchev–Trinajstić information content (AvgIpc) is 3.53. The number of hydrogen-bond donors (Lipinski definition) is 0. The van der Waals surface area contributed by atoms with Crippen LogP contribution in [0, 0.1) is 23.2 Å². The Hall–Kier alpha value is -3.84. The van der Waals surface area contributed by atoms with Gasteiger partial charge in [0.15, 0.2) is 17.3 Å². The summed E-state index contributed by atoms with van der Waals surface area (Å²) in [4.78, 5) is 0. The second kappa shape index (κ2) is 11.2. The van der Waals surface area contributed by atoms with E-state index in [4.69, 9.17) is 14.7 Å². The number of methoxy groups -OCH3 is 1. The van der Waals surface area contributed by atoms with Crippen LogP contribution >= 0.6 is 0 Å². The van der Waals surface area contributed by atoms with E-state index in [2.05, 4.69) is 33.4 Å². The van der Waals surface area contributed by atoms with E-state index in [1.807, 2.05) is 48.5 Å². The number of tetrazole rings is 1. The molecular weight excluding hydrogens is 414 g/mol. The Morgan fingerprint density at radius 1 is 1.12 bits per heavy atom. The smallest absolute Gasteiger partial charge is 0.161 e. The molecule has 0 amide bonds. The van der Waals surface area contributed by atoms with Crippen molar-refractivity contribution in [1.29, 1.82) is 5.26 Å².